The lowest BCUT2D eigenvalue weighted by molar-refractivity contribution is -0.130. The Hall–Kier alpha value is -2.37. The van der Waals surface area contributed by atoms with Crippen molar-refractivity contribution in [3.8, 4) is 0 Å². The van der Waals surface area contributed by atoms with Crippen LogP contribution in [0.15, 0.2) is 54.6 Å². The number of hydrogen-bond donors (Lipinski definition) is 1. The van der Waals surface area contributed by atoms with Crippen LogP contribution in [0.3, 0.4) is 0 Å². The summed E-state index contributed by atoms with van der Waals surface area (Å²) in [7, 11) is 4.01. The Morgan fingerprint density at radius 1 is 1.18 bits per heavy atom. The van der Waals surface area contributed by atoms with Crippen molar-refractivity contribution in [3.63, 3.8) is 0 Å². The van der Waals surface area contributed by atoms with E-state index in [1.165, 1.54) is 16.8 Å². The van der Waals surface area contributed by atoms with Crippen LogP contribution in [0, 0.1) is 0 Å². The normalized spacial score (nSPS) is 23.4. The zero-order chi connectivity index (χ0) is 19.6. The van der Waals surface area contributed by atoms with Crippen LogP contribution in [-0.4, -0.2) is 57.2 Å². The lowest BCUT2D eigenvalue weighted by Crippen LogP contribution is -2.39. The summed E-state index contributed by atoms with van der Waals surface area (Å²) >= 11 is 0. The zero-order valence-corrected chi connectivity index (χ0v) is 16.7. The SMILES string of the molecule is CN(C)CCNC(=O)C1CC2(CO1)CN(Cc1ccccc1)c1ccccc12. The van der Waals surface area contributed by atoms with Crippen LogP contribution in [0.5, 0.6) is 0 Å². The second-order valence-corrected chi connectivity index (χ2v) is 8.24. The molecule has 2 aromatic carbocycles. The lowest BCUT2D eigenvalue weighted by Gasteiger charge is -2.24. The molecule has 5 nitrogen and oxygen atoms in total. The number of benzene rings is 2. The molecule has 0 aromatic heterocycles. The maximum absolute atomic E-state index is 12.6. The third-order valence-electron chi connectivity index (χ3n) is 5.81. The van der Waals surface area contributed by atoms with Gasteiger partial charge in [-0.1, -0.05) is 48.5 Å². The number of rotatable bonds is 6. The molecule has 2 unspecified atom stereocenters. The number of nitrogens with one attached hydrogen (secondary N) is 1. The van der Waals surface area contributed by atoms with Crippen molar-refractivity contribution in [3.05, 3.63) is 65.7 Å². The molecule has 5 heteroatoms. The van der Waals surface area contributed by atoms with Gasteiger partial charge in [0.25, 0.3) is 0 Å². The second-order valence-electron chi connectivity index (χ2n) is 8.24. The maximum Gasteiger partial charge on any atom is 0.249 e. The minimum absolute atomic E-state index is 0.0118. The standard InChI is InChI=1S/C23H29N3O2/c1-25(2)13-12-24-22(27)21-14-23(17-28-21)16-26(15-18-8-4-3-5-9-18)20-11-7-6-10-19(20)23/h3-11,21H,12-17H2,1-2H3,(H,24,27). The molecule has 0 aliphatic carbocycles. The van der Waals surface area contributed by atoms with Gasteiger partial charge < -0.3 is 19.9 Å². The van der Waals surface area contributed by atoms with E-state index in [1.807, 2.05) is 20.2 Å². The molecule has 1 N–H and O–H groups in total. The molecule has 28 heavy (non-hydrogen) atoms. The van der Waals surface area contributed by atoms with Gasteiger partial charge in [-0.05, 0) is 37.7 Å². The van der Waals surface area contributed by atoms with Gasteiger partial charge in [0.05, 0.1) is 6.61 Å². The largest absolute Gasteiger partial charge is 0.367 e. The molecule has 1 saturated heterocycles. The van der Waals surface area contributed by atoms with Gasteiger partial charge in [0.1, 0.15) is 6.10 Å². The van der Waals surface area contributed by atoms with Gasteiger partial charge in [-0.15, -0.1) is 0 Å². The van der Waals surface area contributed by atoms with Crippen molar-refractivity contribution < 1.29 is 9.53 Å². The molecule has 2 aliphatic heterocycles. The van der Waals surface area contributed by atoms with E-state index in [4.69, 9.17) is 4.74 Å². The number of anilines is 1. The van der Waals surface area contributed by atoms with Crippen LogP contribution >= 0.6 is 0 Å². The number of likely N-dealkylation sites (N-methyl/N-ethyl adjacent to an activating group) is 1. The van der Waals surface area contributed by atoms with Crippen LogP contribution in [-0.2, 0) is 21.5 Å². The van der Waals surface area contributed by atoms with Crippen LogP contribution < -0.4 is 10.2 Å². The van der Waals surface area contributed by atoms with Crippen LogP contribution in [0.25, 0.3) is 0 Å². The highest BCUT2D eigenvalue weighted by Gasteiger charge is 2.50. The molecule has 1 fully saturated rings. The third kappa shape index (κ3) is 3.77. The summed E-state index contributed by atoms with van der Waals surface area (Å²) in [6.45, 7) is 3.84. The van der Waals surface area contributed by atoms with Crippen molar-refractivity contribution in [2.24, 2.45) is 0 Å². The Balaban J connectivity index is 1.48. The molecule has 0 radical (unpaired) electrons. The fourth-order valence-electron chi connectivity index (χ4n) is 4.39. The molecule has 0 bridgehead atoms. The van der Waals surface area contributed by atoms with Crippen LogP contribution in [0.2, 0.25) is 0 Å². The minimum Gasteiger partial charge on any atom is -0.367 e. The summed E-state index contributed by atoms with van der Waals surface area (Å²) in [5.74, 6) is 0.0118. The van der Waals surface area contributed by atoms with E-state index in [1.54, 1.807) is 0 Å². The molecular weight excluding hydrogens is 350 g/mol. The number of hydrogen-bond acceptors (Lipinski definition) is 4. The van der Waals surface area contributed by atoms with Gasteiger partial charge in [-0.3, -0.25) is 4.79 Å². The molecule has 2 aromatic rings. The van der Waals surface area contributed by atoms with E-state index >= 15 is 0 Å². The molecule has 2 atom stereocenters. The Morgan fingerprint density at radius 2 is 1.93 bits per heavy atom. The summed E-state index contributed by atoms with van der Waals surface area (Å²) in [5, 5.41) is 3.02. The number of carbonyl (C=O) groups excluding carboxylic acids is 1. The van der Waals surface area contributed by atoms with E-state index in [0.717, 1.165) is 26.1 Å². The van der Waals surface area contributed by atoms with Gasteiger partial charge in [0, 0.05) is 37.3 Å². The molecule has 1 spiro atoms. The average Bonchev–Trinajstić information content (AvgIpc) is 3.25. The van der Waals surface area contributed by atoms with Gasteiger partial charge in [-0.2, -0.15) is 0 Å². The Bertz CT molecular complexity index is 824. The highest BCUT2D eigenvalue weighted by Crippen LogP contribution is 2.47. The smallest absolute Gasteiger partial charge is 0.249 e. The maximum atomic E-state index is 12.6. The van der Waals surface area contributed by atoms with Crippen LogP contribution in [0.1, 0.15) is 17.5 Å². The second kappa shape index (κ2) is 7.94. The van der Waals surface area contributed by atoms with Gasteiger partial charge >= 0.3 is 0 Å². The van der Waals surface area contributed by atoms with Crippen molar-refractivity contribution in [2.75, 3.05) is 45.2 Å². The Labute approximate surface area is 167 Å². The molecule has 148 valence electrons. The first-order chi connectivity index (χ1) is 13.6. The predicted molar refractivity (Wildman–Crippen MR) is 112 cm³/mol. The number of para-hydroxylation sites is 1. The van der Waals surface area contributed by atoms with Crippen molar-refractivity contribution >= 4 is 11.6 Å². The quantitative estimate of drug-likeness (QED) is 0.837. The van der Waals surface area contributed by atoms with E-state index in [-0.39, 0.29) is 17.4 Å². The first-order valence-corrected chi connectivity index (χ1v) is 10.00. The zero-order valence-electron chi connectivity index (χ0n) is 16.7. The third-order valence-corrected chi connectivity index (χ3v) is 5.81. The first kappa shape index (κ1) is 19.0. The molecule has 1 amide bonds. The molecule has 2 heterocycles. The van der Waals surface area contributed by atoms with E-state index < -0.39 is 0 Å². The van der Waals surface area contributed by atoms with Crippen molar-refractivity contribution in [1.29, 1.82) is 0 Å². The molecule has 2 aliphatic rings. The molecular formula is C23H29N3O2. The first-order valence-electron chi connectivity index (χ1n) is 10.00. The number of ether oxygens (including phenoxy) is 1. The summed E-state index contributed by atoms with van der Waals surface area (Å²) < 4.78 is 6.01. The van der Waals surface area contributed by atoms with Gasteiger partial charge in [0.15, 0.2) is 0 Å². The number of fused-ring (bicyclic) bond motifs is 2. The van der Waals surface area contributed by atoms with Gasteiger partial charge in [0.2, 0.25) is 5.91 Å². The lowest BCUT2D eigenvalue weighted by atomic mass is 9.80. The topological polar surface area (TPSA) is 44.8 Å². The van der Waals surface area contributed by atoms with Crippen molar-refractivity contribution in [2.45, 2.75) is 24.5 Å². The predicted octanol–water partition coefficient (Wildman–Crippen LogP) is 2.41. The van der Waals surface area contributed by atoms with E-state index in [9.17, 15) is 4.79 Å². The summed E-state index contributed by atoms with van der Waals surface area (Å²) in [5.41, 5.74) is 3.78. The van der Waals surface area contributed by atoms with Gasteiger partial charge in [-0.25, -0.2) is 0 Å². The minimum atomic E-state index is -0.369. The molecule has 4 rings (SSSR count). The Kier molecular flexibility index (Phi) is 5.38. The van der Waals surface area contributed by atoms with Crippen LogP contribution in [0.4, 0.5) is 5.69 Å². The highest BCUT2D eigenvalue weighted by atomic mass is 16.5. The average molecular weight is 380 g/mol. The van der Waals surface area contributed by atoms with E-state index in [2.05, 4.69) is 63.6 Å². The molecule has 0 saturated carbocycles. The number of amides is 1. The summed E-state index contributed by atoms with van der Waals surface area (Å²) in [6.07, 6.45) is 0.371. The highest BCUT2D eigenvalue weighted by molar-refractivity contribution is 5.81. The summed E-state index contributed by atoms with van der Waals surface area (Å²) in [6, 6.07) is 19.1. The monoisotopic (exact) mass is 379 g/mol. The number of carbonyl (C=O) groups is 1. The fourth-order valence-corrected chi connectivity index (χ4v) is 4.39. The summed E-state index contributed by atoms with van der Waals surface area (Å²) in [4.78, 5) is 17.1. The Morgan fingerprint density at radius 3 is 2.71 bits per heavy atom. The fraction of sp³-hybridized carbons (Fsp3) is 0.435. The van der Waals surface area contributed by atoms with E-state index in [0.29, 0.717) is 13.2 Å². The van der Waals surface area contributed by atoms with Crippen molar-refractivity contribution in [1.82, 2.24) is 10.2 Å². The number of nitrogens with zero attached hydrogens (tertiary/aromatic N) is 2.